The molecule has 0 saturated heterocycles. The van der Waals surface area contributed by atoms with Crippen molar-refractivity contribution in [3.63, 3.8) is 0 Å². The summed E-state index contributed by atoms with van der Waals surface area (Å²) >= 11 is 1.46. The van der Waals surface area contributed by atoms with Gasteiger partial charge in [-0.3, -0.25) is 0 Å². The number of halogens is 2. The Morgan fingerprint density at radius 3 is 1.93 bits per heavy atom. The Bertz CT molecular complexity index is 1570. The van der Waals surface area contributed by atoms with E-state index in [1.807, 2.05) is 0 Å². The summed E-state index contributed by atoms with van der Waals surface area (Å²) in [5, 5.41) is 5.77. The van der Waals surface area contributed by atoms with Crippen LogP contribution >= 0.6 is 0 Å². The van der Waals surface area contributed by atoms with Gasteiger partial charge < -0.3 is 24.8 Å². The van der Waals surface area contributed by atoms with Crippen LogP contribution in [-0.2, 0) is 37.1 Å². The molecule has 5 aromatic rings. The number of hydrogen-bond acceptors (Lipinski definition) is 0. The second-order valence-corrected chi connectivity index (χ2v) is 11.2. The number of aryl methyl sites for hydroxylation is 2. The van der Waals surface area contributed by atoms with Gasteiger partial charge in [0.05, 0.1) is 0 Å². The molecule has 6 rings (SSSR count). The first-order chi connectivity index (χ1) is 18.7. The van der Waals surface area contributed by atoms with Crippen LogP contribution in [0, 0.1) is 0 Å². The molecule has 0 aliphatic heterocycles. The fourth-order valence-corrected chi connectivity index (χ4v) is 6.42. The van der Waals surface area contributed by atoms with Gasteiger partial charge >= 0.3 is 99.2 Å². The Morgan fingerprint density at radius 1 is 0.725 bits per heavy atom. The maximum atomic E-state index is 2.43. The Morgan fingerprint density at radius 2 is 1.35 bits per heavy atom. The quantitative estimate of drug-likeness (QED) is 0.238. The number of allylic oxidation sites excluding steroid dienone is 4. The molecule has 0 aromatic heterocycles. The normalized spacial score (nSPS) is 11.8. The summed E-state index contributed by atoms with van der Waals surface area (Å²) in [5.74, 6) is 0. The summed E-state index contributed by atoms with van der Waals surface area (Å²) in [5.41, 5.74) is 8.65. The van der Waals surface area contributed by atoms with Gasteiger partial charge in [0.1, 0.15) is 0 Å². The van der Waals surface area contributed by atoms with Crippen LogP contribution in [0.1, 0.15) is 60.9 Å². The van der Waals surface area contributed by atoms with Gasteiger partial charge in [0.25, 0.3) is 0 Å². The molecule has 0 amide bonds. The van der Waals surface area contributed by atoms with Crippen LogP contribution in [0.15, 0.2) is 115 Å². The summed E-state index contributed by atoms with van der Waals surface area (Å²) in [7, 11) is 0. The van der Waals surface area contributed by atoms with Crippen molar-refractivity contribution < 1.29 is 49.0 Å². The molecule has 5 aromatic carbocycles. The Kier molecular flexibility index (Phi) is 12.5. The summed E-state index contributed by atoms with van der Waals surface area (Å²) in [6, 6.07) is 35.1. The van der Waals surface area contributed by atoms with E-state index in [1.165, 1.54) is 95.2 Å². The standard InChI is InChI=1S/C24H25.C13H10.2ClH.Zr/c1-3-8-17-12-7-13-20-16-22-21(24(17)20)15-14-18(9-4-2)23(22)19-10-5-6-11-19;1-3-7-12(8-4-1)11-13-9-5-2-6-10-13;;;/h5-7,10,12-16H,3-4,8-9,11H2,1-2H3;1-10H;2*1H;/q-1;;;;+2/p-2. The van der Waals surface area contributed by atoms with E-state index in [-0.39, 0.29) is 24.8 Å². The predicted molar refractivity (Wildman–Crippen MR) is 163 cm³/mol. The van der Waals surface area contributed by atoms with Gasteiger partial charge in [-0.2, -0.15) is 0 Å². The summed E-state index contributed by atoms with van der Waals surface area (Å²) in [6.07, 6.45) is 12.6. The molecule has 0 unspecified atom stereocenters. The fraction of sp³-hybridized carbons (Fsp3) is 0.189. The van der Waals surface area contributed by atoms with Crippen molar-refractivity contribution in [3.05, 3.63) is 143 Å². The molecule has 1 aliphatic rings. The van der Waals surface area contributed by atoms with Crippen molar-refractivity contribution in [2.24, 2.45) is 0 Å². The third-order valence-electron chi connectivity index (χ3n) is 7.34. The molecular formula is C37H35Cl2Zr-. The van der Waals surface area contributed by atoms with Crippen molar-refractivity contribution in [3.8, 4) is 0 Å². The van der Waals surface area contributed by atoms with Gasteiger partial charge in [0.2, 0.25) is 0 Å². The first-order valence-corrected chi connectivity index (χ1v) is 15.1. The SMILES string of the molecule is CCCc1ccc2c([cH-]c3cccc(CCC)c32)c1C1=CC=CC1.[Cl-].[Cl-].[Zr+2]=[C](c1ccccc1)c1ccccc1. The molecule has 0 heterocycles. The molecule has 0 atom stereocenters. The van der Waals surface area contributed by atoms with E-state index in [2.05, 4.69) is 129 Å². The van der Waals surface area contributed by atoms with Crippen LogP contribution in [0.3, 0.4) is 0 Å². The van der Waals surface area contributed by atoms with Gasteiger partial charge in [0, 0.05) is 0 Å². The Hall–Kier alpha value is -2.44. The molecule has 202 valence electrons. The number of fused-ring (bicyclic) bond motifs is 3. The van der Waals surface area contributed by atoms with Gasteiger partial charge in [-0.15, -0.1) is 33.7 Å². The number of rotatable bonds is 7. The zero-order chi connectivity index (χ0) is 26.3. The molecule has 0 bridgehead atoms. The molecule has 1 aliphatic carbocycles. The van der Waals surface area contributed by atoms with Crippen molar-refractivity contribution in [1.29, 1.82) is 0 Å². The first-order valence-electron chi connectivity index (χ1n) is 13.9. The number of hydrogen-bond donors (Lipinski definition) is 0. The predicted octanol–water partition coefficient (Wildman–Crippen LogP) is 3.77. The molecule has 0 N–H and O–H groups in total. The van der Waals surface area contributed by atoms with Crippen molar-refractivity contribution in [2.75, 3.05) is 0 Å². The molecule has 40 heavy (non-hydrogen) atoms. The van der Waals surface area contributed by atoms with Crippen LogP contribution in [0.25, 0.3) is 27.1 Å². The monoisotopic (exact) mass is 639 g/mol. The molecular weight excluding hydrogens is 607 g/mol. The zero-order valence-electron chi connectivity index (χ0n) is 23.3. The fourth-order valence-electron chi connectivity index (χ4n) is 5.60. The molecule has 0 radical (unpaired) electrons. The zero-order valence-corrected chi connectivity index (χ0v) is 27.2. The van der Waals surface area contributed by atoms with Gasteiger partial charge in [-0.05, 0) is 19.3 Å². The first kappa shape index (κ1) is 32.1. The summed E-state index contributed by atoms with van der Waals surface area (Å²) in [6.45, 7) is 4.54. The van der Waals surface area contributed by atoms with Crippen molar-refractivity contribution >= 4 is 30.3 Å². The van der Waals surface area contributed by atoms with Gasteiger partial charge in [-0.25, -0.2) is 0 Å². The van der Waals surface area contributed by atoms with E-state index < -0.39 is 0 Å². The maximum absolute atomic E-state index is 2.43. The minimum atomic E-state index is 0. The second-order valence-electron chi connectivity index (χ2n) is 10.0. The third kappa shape index (κ3) is 7.06. The van der Waals surface area contributed by atoms with E-state index in [9.17, 15) is 0 Å². The van der Waals surface area contributed by atoms with E-state index >= 15 is 0 Å². The van der Waals surface area contributed by atoms with E-state index in [4.69, 9.17) is 0 Å². The minimum absolute atomic E-state index is 0. The van der Waals surface area contributed by atoms with Crippen LogP contribution in [-0.4, -0.2) is 3.21 Å². The van der Waals surface area contributed by atoms with Crippen LogP contribution in [0.2, 0.25) is 0 Å². The van der Waals surface area contributed by atoms with Crippen LogP contribution in [0.5, 0.6) is 0 Å². The number of benzene rings is 4. The van der Waals surface area contributed by atoms with E-state index in [0.717, 1.165) is 19.3 Å². The van der Waals surface area contributed by atoms with E-state index in [1.54, 1.807) is 0 Å². The van der Waals surface area contributed by atoms with Crippen LogP contribution in [0.4, 0.5) is 0 Å². The summed E-state index contributed by atoms with van der Waals surface area (Å²) in [4.78, 5) is 0. The van der Waals surface area contributed by atoms with Crippen molar-refractivity contribution in [2.45, 2.75) is 46.0 Å². The average Bonchev–Trinajstić information content (AvgIpc) is 3.63. The van der Waals surface area contributed by atoms with Crippen LogP contribution < -0.4 is 24.8 Å². The molecule has 0 fully saturated rings. The second kappa shape index (κ2) is 15.5. The molecule has 0 spiro atoms. The molecule has 0 nitrogen and oxygen atoms in total. The average molecular weight is 642 g/mol. The Balaban J connectivity index is 0.000000238. The topological polar surface area (TPSA) is 0 Å². The summed E-state index contributed by atoms with van der Waals surface area (Å²) < 4.78 is 1.42. The molecule has 0 saturated carbocycles. The van der Waals surface area contributed by atoms with E-state index in [0.29, 0.717) is 0 Å². The molecule has 3 heteroatoms. The van der Waals surface area contributed by atoms with Gasteiger partial charge in [-0.1, -0.05) is 91.4 Å². The Labute approximate surface area is 266 Å². The van der Waals surface area contributed by atoms with Crippen molar-refractivity contribution in [1.82, 2.24) is 0 Å². The van der Waals surface area contributed by atoms with Gasteiger partial charge in [0.15, 0.2) is 0 Å². The third-order valence-corrected chi connectivity index (χ3v) is 8.76.